The molecule has 1 rings (SSSR count). The van der Waals surface area contributed by atoms with Gasteiger partial charge in [0.05, 0.1) is 13.2 Å². The van der Waals surface area contributed by atoms with Crippen molar-refractivity contribution in [1.82, 2.24) is 16.0 Å². The van der Waals surface area contributed by atoms with Crippen LogP contribution in [0.4, 0.5) is 0 Å². The van der Waals surface area contributed by atoms with Crippen LogP contribution in [0.3, 0.4) is 0 Å². The highest BCUT2D eigenvalue weighted by atomic mass is 16.4. The SMILES string of the molecule is NCC(=O)NC(CO)C(=O)NC(CCC(N)=O)C(=O)NC(Cc1ccc(O)cc1)C(=O)O. The Balaban J connectivity index is 2.94. The largest absolute Gasteiger partial charge is 0.508 e. The van der Waals surface area contributed by atoms with Gasteiger partial charge in [-0.25, -0.2) is 4.79 Å². The number of rotatable bonds is 13. The Morgan fingerprint density at radius 2 is 1.47 bits per heavy atom. The molecule has 10 N–H and O–H groups in total. The number of phenolic OH excluding ortho intramolecular Hbond substituents is 1. The van der Waals surface area contributed by atoms with E-state index in [4.69, 9.17) is 11.5 Å². The van der Waals surface area contributed by atoms with E-state index in [0.717, 1.165) is 0 Å². The van der Waals surface area contributed by atoms with Gasteiger partial charge >= 0.3 is 5.97 Å². The zero-order valence-electron chi connectivity index (χ0n) is 17.1. The van der Waals surface area contributed by atoms with Crippen LogP contribution in [0.15, 0.2) is 24.3 Å². The van der Waals surface area contributed by atoms with Crippen LogP contribution in [0.25, 0.3) is 0 Å². The van der Waals surface area contributed by atoms with Crippen molar-refractivity contribution in [3.8, 4) is 5.75 Å². The number of carbonyl (C=O) groups is 5. The molecule has 0 heterocycles. The number of carboxylic acid groups (broad SMARTS) is 1. The quantitative estimate of drug-likeness (QED) is 0.149. The van der Waals surface area contributed by atoms with Crippen LogP contribution in [-0.2, 0) is 30.4 Å². The number of nitrogens with one attached hydrogen (secondary N) is 3. The minimum absolute atomic E-state index is 0.0148. The van der Waals surface area contributed by atoms with Gasteiger partial charge in [0.2, 0.25) is 23.6 Å². The second-order valence-corrected chi connectivity index (χ2v) is 6.84. The number of carboxylic acids is 1. The first-order valence-electron chi connectivity index (χ1n) is 9.57. The first kappa shape index (κ1) is 26.3. The number of nitrogens with two attached hydrogens (primary N) is 2. The molecule has 1 aromatic carbocycles. The van der Waals surface area contributed by atoms with E-state index in [1.54, 1.807) is 0 Å². The fourth-order valence-electron chi connectivity index (χ4n) is 2.62. The van der Waals surface area contributed by atoms with Gasteiger partial charge in [-0.05, 0) is 24.1 Å². The number of aliphatic hydroxyl groups excluding tert-OH is 1. The molecule has 0 aliphatic heterocycles. The summed E-state index contributed by atoms with van der Waals surface area (Å²) < 4.78 is 0. The van der Waals surface area contributed by atoms with Crippen molar-refractivity contribution in [2.75, 3.05) is 13.2 Å². The fraction of sp³-hybridized carbons (Fsp3) is 0.421. The molecule has 0 fully saturated rings. The van der Waals surface area contributed by atoms with Gasteiger partial charge in [-0.1, -0.05) is 12.1 Å². The average Bonchev–Trinajstić information content (AvgIpc) is 2.75. The molecule has 1 aromatic rings. The van der Waals surface area contributed by atoms with Crippen molar-refractivity contribution in [2.45, 2.75) is 37.4 Å². The second kappa shape index (κ2) is 12.9. The van der Waals surface area contributed by atoms with E-state index in [2.05, 4.69) is 16.0 Å². The van der Waals surface area contributed by atoms with Gasteiger partial charge in [0.1, 0.15) is 23.9 Å². The summed E-state index contributed by atoms with van der Waals surface area (Å²) in [5.74, 6) is -4.70. The van der Waals surface area contributed by atoms with Gasteiger partial charge in [0.15, 0.2) is 0 Å². The van der Waals surface area contributed by atoms with Crippen LogP contribution < -0.4 is 27.4 Å². The van der Waals surface area contributed by atoms with Crippen LogP contribution in [0.5, 0.6) is 5.75 Å². The molecular weight excluding hydrogens is 426 g/mol. The monoisotopic (exact) mass is 453 g/mol. The van der Waals surface area contributed by atoms with E-state index in [1.165, 1.54) is 24.3 Å². The highest BCUT2D eigenvalue weighted by Gasteiger charge is 2.29. The number of aliphatic hydroxyl groups is 1. The van der Waals surface area contributed by atoms with E-state index in [9.17, 15) is 39.3 Å². The lowest BCUT2D eigenvalue weighted by Crippen LogP contribution is -2.57. The van der Waals surface area contributed by atoms with Crippen molar-refractivity contribution in [2.24, 2.45) is 11.5 Å². The third-order valence-corrected chi connectivity index (χ3v) is 4.32. The maximum Gasteiger partial charge on any atom is 0.326 e. The number of aliphatic carboxylic acids is 1. The number of phenols is 1. The van der Waals surface area contributed by atoms with E-state index < -0.39 is 60.9 Å². The molecule has 176 valence electrons. The summed E-state index contributed by atoms with van der Waals surface area (Å²) >= 11 is 0. The molecule has 32 heavy (non-hydrogen) atoms. The normalized spacial score (nSPS) is 13.3. The summed E-state index contributed by atoms with van der Waals surface area (Å²) in [5, 5.41) is 34.8. The molecule has 0 aliphatic carbocycles. The molecule has 0 saturated carbocycles. The van der Waals surface area contributed by atoms with Gasteiger partial charge in [0, 0.05) is 12.8 Å². The molecule has 3 unspecified atom stereocenters. The molecule has 4 amide bonds. The van der Waals surface area contributed by atoms with E-state index in [1.807, 2.05) is 0 Å². The predicted molar refractivity (Wildman–Crippen MR) is 110 cm³/mol. The van der Waals surface area contributed by atoms with E-state index in [-0.39, 0.29) is 25.0 Å². The summed E-state index contributed by atoms with van der Waals surface area (Å²) in [7, 11) is 0. The topological polar surface area (TPSA) is 234 Å². The zero-order chi connectivity index (χ0) is 24.3. The maximum absolute atomic E-state index is 12.7. The fourth-order valence-corrected chi connectivity index (χ4v) is 2.62. The standard InChI is InChI=1S/C19H27N5O8/c20-8-16(28)22-14(9-25)18(30)23-12(5-6-15(21)27)17(29)24-13(19(31)32)7-10-1-3-11(26)4-2-10/h1-4,12-14,25-26H,5-9,20H2,(H2,21,27)(H,22,28)(H,23,30)(H,24,29)(H,31,32). The lowest BCUT2D eigenvalue weighted by atomic mass is 10.0. The lowest BCUT2D eigenvalue weighted by Gasteiger charge is -2.23. The van der Waals surface area contributed by atoms with E-state index in [0.29, 0.717) is 5.56 Å². The number of hydrogen-bond donors (Lipinski definition) is 8. The Morgan fingerprint density at radius 3 is 1.97 bits per heavy atom. The van der Waals surface area contributed by atoms with Gasteiger partial charge < -0.3 is 42.7 Å². The van der Waals surface area contributed by atoms with Crippen LogP contribution >= 0.6 is 0 Å². The minimum Gasteiger partial charge on any atom is -0.508 e. The molecule has 0 saturated heterocycles. The number of benzene rings is 1. The van der Waals surface area contributed by atoms with Gasteiger partial charge in [-0.3, -0.25) is 19.2 Å². The van der Waals surface area contributed by atoms with Crippen LogP contribution in [0.2, 0.25) is 0 Å². The predicted octanol–water partition coefficient (Wildman–Crippen LogP) is -3.31. The van der Waals surface area contributed by atoms with Crippen LogP contribution in [0.1, 0.15) is 18.4 Å². The average molecular weight is 453 g/mol. The minimum atomic E-state index is -1.41. The molecule has 0 aliphatic rings. The number of amides is 4. The lowest BCUT2D eigenvalue weighted by molar-refractivity contribution is -0.142. The van der Waals surface area contributed by atoms with Gasteiger partial charge in [0.25, 0.3) is 0 Å². The molecular formula is C19H27N5O8. The Morgan fingerprint density at radius 1 is 0.906 bits per heavy atom. The second-order valence-electron chi connectivity index (χ2n) is 6.84. The molecule has 0 radical (unpaired) electrons. The summed E-state index contributed by atoms with van der Waals surface area (Å²) in [5.41, 5.74) is 10.8. The van der Waals surface area contributed by atoms with Crippen molar-refractivity contribution in [3.05, 3.63) is 29.8 Å². The Bertz CT molecular complexity index is 830. The number of carbonyl (C=O) groups excluding carboxylic acids is 4. The smallest absolute Gasteiger partial charge is 0.326 e. The Labute approximate surface area is 183 Å². The summed E-state index contributed by atoms with van der Waals surface area (Å²) in [6.07, 6.45) is -0.669. The van der Waals surface area contributed by atoms with Gasteiger partial charge in [-0.15, -0.1) is 0 Å². The van der Waals surface area contributed by atoms with E-state index >= 15 is 0 Å². The summed E-state index contributed by atoms with van der Waals surface area (Å²) in [4.78, 5) is 59.2. The highest BCUT2D eigenvalue weighted by Crippen LogP contribution is 2.12. The molecule has 0 aromatic heterocycles. The summed E-state index contributed by atoms with van der Waals surface area (Å²) in [6, 6.07) is 1.51. The first-order valence-corrected chi connectivity index (χ1v) is 9.57. The zero-order valence-corrected chi connectivity index (χ0v) is 17.1. The summed E-state index contributed by atoms with van der Waals surface area (Å²) in [6.45, 7) is -1.23. The molecule has 3 atom stereocenters. The van der Waals surface area contributed by atoms with Gasteiger partial charge in [-0.2, -0.15) is 0 Å². The third kappa shape index (κ3) is 8.97. The molecule has 13 nitrogen and oxygen atoms in total. The van der Waals surface area contributed by atoms with Crippen molar-refractivity contribution in [3.63, 3.8) is 0 Å². The third-order valence-electron chi connectivity index (χ3n) is 4.32. The van der Waals surface area contributed by atoms with Crippen molar-refractivity contribution in [1.29, 1.82) is 0 Å². The highest BCUT2D eigenvalue weighted by molar-refractivity contribution is 5.94. The van der Waals surface area contributed by atoms with Crippen LogP contribution in [-0.4, -0.2) is 76.2 Å². The van der Waals surface area contributed by atoms with Crippen molar-refractivity contribution >= 4 is 29.6 Å². The van der Waals surface area contributed by atoms with Crippen molar-refractivity contribution < 1.29 is 39.3 Å². The number of aromatic hydroxyl groups is 1. The van der Waals surface area contributed by atoms with Crippen LogP contribution in [0, 0.1) is 0 Å². The molecule has 0 spiro atoms. The Hall–Kier alpha value is -3.71. The molecule has 13 heteroatoms. The number of primary amides is 1. The first-order chi connectivity index (χ1) is 15.1. The Kier molecular flexibility index (Phi) is 10.6. The number of hydrogen-bond acceptors (Lipinski definition) is 8. The maximum atomic E-state index is 12.7. The molecule has 0 bridgehead atoms.